The smallest absolute Gasteiger partial charge is 0.282 e. The van der Waals surface area contributed by atoms with E-state index in [0.717, 1.165) is 12.0 Å². The molecule has 1 nitrogen and oxygen atoms in total. The van der Waals surface area contributed by atoms with Crippen molar-refractivity contribution in [3.63, 3.8) is 0 Å². The van der Waals surface area contributed by atoms with Crippen molar-refractivity contribution in [2.24, 2.45) is 0 Å². The number of rotatable bonds is 7. The van der Waals surface area contributed by atoms with Crippen molar-refractivity contribution in [1.29, 1.82) is 0 Å². The minimum Gasteiger partial charge on any atom is -0.493 e. The van der Waals surface area contributed by atoms with Crippen molar-refractivity contribution >= 4 is 8.07 Å². The molecule has 0 aromatic heterocycles. The standard InChI is InChI=1S/C16H24F2OSi/c1-5-19-15(16(17,18)20(2,3)4)13-9-12-14-10-7-6-8-11-14/h6-8,10-11,13H,5,9,12H2,1-4H3/b15-13+. The highest BCUT2D eigenvalue weighted by Gasteiger charge is 2.49. The summed E-state index contributed by atoms with van der Waals surface area (Å²) in [6.07, 6.45) is 2.88. The average Bonchev–Trinajstić information content (AvgIpc) is 2.37. The Labute approximate surface area is 121 Å². The largest absolute Gasteiger partial charge is 0.493 e. The number of aryl methyl sites for hydroxylation is 1. The summed E-state index contributed by atoms with van der Waals surface area (Å²) in [4.78, 5) is 0. The fourth-order valence-electron chi connectivity index (χ4n) is 1.82. The Hall–Kier alpha value is -1.16. The van der Waals surface area contributed by atoms with Gasteiger partial charge in [0.15, 0.2) is 5.76 Å². The van der Waals surface area contributed by atoms with Crippen LogP contribution in [0.4, 0.5) is 8.78 Å². The molecule has 0 aliphatic rings. The van der Waals surface area contributed by atoms with Gasteiger partial charge in [-0.05, 0) is 31.4 Å². The summed E-state index contributed by atoms with van der Waals surface area (Å²) in [5, 5.41) is 0. The lowest BCUT2D eigenvalue weighted by Crippen LogP contribution is -2.47. The van der Waals surface area contributed by atoms with E-state index in [2.05, 4.69) is 0 Å². The van der Waals surface area contributed by atoms with Gasteiger partial charge < -0.3 is 4.74 Å². The number of halogens is 2. The second-order valence-electron chi connectivity index (χ2n) is 5.85. The second kappa shape index (κ2) is 7.02. The Balaban J connectivity index is 2.78. The quantitative estimate of drug-likeness (QED) is 0.505. The van der Waals surface area contributed by atoms with Gasteiger partial charge >= 0.3 is 0 Å². The van der Waals surface area contributed by atoms with E-state index in [-0.39, 0.29) is 12.4 Å². The third kappa shape index (κ3) is 4.44. The number of alkyl halides is 2. The lowest BCUT2D eigenvalue weighted by molar-refractivity contribution is 0.0411. The molecule has 112 valence electrons. The molecule has 0 heterocycles. The van der Waals surface area contributed by atoms with Crippen LogP contribution in [0, 0.1) is 0 Å². The molecule has 4 heteroatoms. The highest BCUT2D eigenvalue weighted by Crippen LogP contribution is 2.35. The zero-order valence-corrected chi connectivity index (χ0v) is 13.7. The van der Waals surface area contributed by atoms with E-state index >= 15 is 0 Å². The molecular formula is C16H24F2OSi. The lowest BCUT2D eigenvalue weighted by Gasteiger charge is -2.30. The zero-order chi connectivity index (χ0) is 15.2. The Morgan fingerprint density at radius 3 is 2.30 bits per heavy atom. The topological polar surface area (TPSA) is 9.23 Å². The van der Waals surface area contributed by atoms with E-state index in [1.54, 1.807) is 32.6 Å². The molecule has 1 aromatic rings. The Bertz CT molecular complexity index is 436. The Morgan fingerprint density at radius 1 is 1.20 bits per heavy atom. The van der Waals surface area contributed by atoms with E-state index in [1.807, 2.05) is 30.3 Å². The molecule has 0 aliphatic carbocycles. The third-order valence-corrected chi connectivity index (χ3v) is 5.29. The molecule has 1 aromatic carbocycles. The van der Waals surface area contributed by atoms with Crippen molar-refractivity contribution in [2.45, 2.75) is 45.0 Å². The van der Waals surface area contributed by atoms with Gasteiger partial charge in [-0.3, -0.25) is 0 Å². The molecule has 0 aliphatic heterocycles. The molecule has 0 saturated heterocycles. The summed E-state index contributed by atoms with van der Waals surface area (Å²) in [6.45, 7) is 7.01. The first-order chi connectivity index (χ1) is 9.29. The fourth-order valence-corrected chi connectivity index (χ4v) is 2.73. The first-order valence-electron chi connectivity index (χ1n) is 7.04. The van der Waals surface area contributed by atoms with E-state index < -0.39 is 13.6 Å². The summed E-state index contributed by atoms with van der Waals surface area (Å²) in [7, 11) is -2.64. The van der Waals surface area contributed by atoms with E-state index in [0.29, 0.717) is 6.42 Å². The maximum atomic E-state index is 14.4. The highest BCUT2D eigenvalue weighted by molar-refractivity contribution is 6.79. The first kappa shape index (κ1) is 16.9. The SMILES string of the molecule is CCO/C(=C/CCc1ccccc1)C(F)(F)[Si](C)(C)C. The van der Waals surface area contributed by atoms with Crippen LogP contribution in [0.15, 0.2) is 42.2 Å². The molecule has 0 atom stereocenters. The number of benzene rings is 1. The van der Waals surface area contributed by atoms with Crippen LogP contribution >= 0.6 is 0 Å². The first-order valence-corrected chi connectivity index (χ1v) is 10.5. The number of hydrogen-bond donors (Lipinski definition) is 0. The molecule has 0 N–H and O–H groups in total. The second-order valence-corrected chi connectivity index (χ2v) is 11.0. The highest BCUT2D eigenvalue weighted by atomic mass is 28.3. The van der Waals surface area contributed by atoms with Gasteiger partial charge in [0, 0.05) is 0 Å². The summed E-state index contributed by atoms with van der Waals surface area (Å²) in [5.74, 6) is -0.143. The molecular weight excluding hydrogens is 274 g/mol. The van der Waals surface area contributed by atoms with Gasteiger partial charge in [-0.2, -0.15) is 0 Å². The number of allylic oxidation sites excluding steroid dienone is 2. The van der Waals surface area contributed by atoms with Crippen LogP contribution in [0.1, 0.15) is 18.9 Å². The predicted molar refractivity (Wildman–Crippen MR) is 82.8 cm³/mol. The van der Waals surface area contributed by atoms with Crippen LogP contribution in [0.5, 0.6) is 0 Å². The summed E-state index contributed by atoms with van der Waals surface area (Å²) in [5.41, 5.74) is -1.67. The van der Waals surface area contributed by atoms with Crippen LogP contribution in [-0.2, 0) is 11.2 Å². The van der Waals surface area contributed by atoms with Crippen LogP contribution in [0.3, 0.4) is 0 Å². The third-order valence-electron chi connectivity index (χ3n) is 3.16. The predicted octanol–water partition coefficient (Wildman–Crippen LogP) is 5.05. The van der Waals surface area contributed by atoms with Gasteiger partial charge in [-0.1, -0.05) is 50.0 Å². The van der Waals surface area contributed by atoms with Gasteiger partial charge in [0.05, 0.1) is 6.61 Å². The van der Waals surface area contributed by atoms with Crippen molar-refractivity contribution in [1.82, 2.24) is 0 Å². The maximum absolute atomic E-state index is 14.4. The van der Waals surface area contributed by atoms with Crippen LogP contribution < -0.4 is 0 Å². The molecule has 1 rings (SSSR count). The van der Waals surface area contributed by atoms with E-state index in [4.69, 9.17) is 4.74 Å². The number of ether oxygens (including phenoxy) is 1. The molecule has 0 radical (unpaired) electrons. The van der Waals surface area contributed by atoms with Crippen LogP contribution in [-0.4, -0.2) is 20.2 Å². The summed E-state index contributed by atoms with van der Waals surface area (Å²) >= 11 is 0. The lowest BCUT2D eigenvalue weighted by atomic mass is 10.1. The van der Waals surface area contributed by atoms with Crippen molar-refractivity contribution in [3.8, 4) is 0 Å². The minimum absolute atomic E-state index is 0.143. The molecule has 0 fully saturated rings. The molecule has 0 unspecified atom stereocenters. The van der Waals surface area contributed by atoms with Gasteiger partial charge in [0.1, 0.15) is 8.07 Å². The average molecular weight is 298 g/mol. The molecule has 20 heavy (non-hydrogen) atoms. The monoisotopic (exact) mass is 298 g/mol. The van der Waals surface area contributed by atoms with Gasteiger partial charge in [0.2, 0.25) is 0 Å². The minimum atomic E-state index is -2.82. The van der Waals surface area contributed by atoms with Crippen LogP contribution in [0.2, 0.25) is 19.6 Å². The molecule has 0 amide bonds. The van der Waals surface area contributed by atoms with E-state index in [1.165, 1.54) is 0 Å². The Morgan fingerprint density at radius 2 is 1.80 bits per heavy atom. The molecule has 0 spiro atoms. The summed E-state index contributed by atoms with van der Waals surface area (Å²) < 4.78 is 34.0. The van der Waals surface area contributed by atoms with Gasteiger partial charge in [-0.25, -0.2) is 8.78 Å². The van der Waals surface area contributed by atoms with Gasteiger partial charge in [-0.15, -0.1) is 0 Å². The van der Waals surface area contributed by atoms with E-state index in [9.17, 15) is 8.78 Å². The fraction of sp³-hybridized carbons (Fsp3) is 0.500. The molecule has 0 bridgehead atoms. The van der Waals surface area contributed by atoms with Crippen molar-refractivity contribution < 1.29 is 13.5 Å². The van der Waals surface area contributed by atoms with Gasteiger partial charge in [0.25, 0.3) is 5.55 Å². The van der Waals surface area contributed by atoms with Crippen LogP contribution in [0.25, 0.3) is 0 Å². The Kier molecular flexibility index (Phi) is 5.93. The van der Waals surface area contributed by atoms with Crippen molar-refractivity contribution in [3.05, 3.63) is 47.7 Å². The maximum Gasteiger partial charge on any atom is 0.282 e. The molecule has 0 saturated carbocycles. The normalized spacial score (nSPS) is 13.4. The zero-order valence-electron chi connectivity index (χ0n) is 12.7. The van der Waals surface area contributed by atoms with Crippen molar-refractivity contribution in [2.75, 3.05) is 6.61 Å². The summed E-state index contributed by atoms with van der Waals surface area (Å²) in [6, 6.07) is 9.87. The number of hydrogen-bond acceptors (Lipinski definition) is 1.